The molecule has 3 heterocycles. The largest absolute Gasteiger partial charge is 0.372 e. The van der Waals surface area contributed by atoms with Gasteiger partial charge in [0.25, 0.3) is 0 Å². The number of rotatable bonds is 6. The van der Waals surface area contributed by atoms with E-state index in [1.807, 2.05) is 31.4 Å². The Morgan fingerprint density at radius 3 is 2.68 bits per heavy atom. The number of benzene rings is 2. The van der Waals surface area contributed by atoms with Crippen LogP contribution in [0, 0.1) is 20.8 Å². The zero-order chi connectivity index (χ0) is 25.9. The number of thiocarbonyl (C=S) groups is 1. The third-order valence-electron chi connectivity index (χ3n) is 6.77. The van der Waals surface area contributed by atoms with Crippen LogP contribution in [0.2, 0.25) is 0 Å². The summed E-state index contributed by atoms with van der Waals surface area (Å²) in [7, 11) is 1.82. The molecule has 2 N–H and O–H groups in total. The van der Waals surface area contributed by atoms with Crippen LogP contribution < -0.4 is 10.8 Å². The molecule has 2 aromatic carbocycles. The molecule has 0 saturated heterocycles. The van der Waals surface area contributed by atoms with Gasteiger partial charge in [0.15, 0.2) is 0 Å². The van der Waals surface area contributed by atoms with Gasteiger partial charge < -0.3 is 14.9 Å². The van der Waals surface area contributed by atoms with Crippen LogP contribution in [0.4, 0.5) is 0 Å². The number of hydrogen-bond donors (Lipinski definition) is 2. The monoisotopic (exact) mass is 505 g/mol. The minimum absolute atomic E-state index is 0.628. The Morgan fingerprint density at radius 2 is 1.86 bits per heavy atom. The lowest BCUT2D eigenvalue weighted by molar-refractivity contribution is 0.735. The smallest absolute Gasteiger partial charge is 0.137 e. The van der Waals surface area contributed by atoms with Crippen LogP contribution in [0.15, 0.2) is 84.2 Å². The van der Waals surface area contributed by atoms with E-state index >= 15 is 0 Å². The Balaban J connectivity index is 1.37. The summed E-state index contributed by atoms with van der Waals surface area (Å²) in [6.45, 7) is 7.78. The summed E-state index contributed by atoms with van der Waals surface area (Å²) in [5, 5.41) is 4.59. The van der Waals surface area contributed by atoms with E-state index in [1.54, 1.807) is 6.20 Å². The van der Waals surface area contributed by atoms with Crippen molar-refractivity contribution >= 4 is 28.2 Å². The van der Waals surface area contributed by atoms with E-state index in [2.05, 4.69) is 94.3 Å². The van der Waals surface area contributed by atoms with E-state index in [-0.39, 0.29) is 0 Å². The molecular weight excluding hydrogens is 474 g/mol. The van der Waals surface area contributed by atoms with Crippen molar-refractivity contribution in [2.24, 2.45) is 4.99 Å². The average Bonchev–Trinajstić information content (AvgIpc) is 3.33. The van der Waals surface area contributed by atoms with E-state index in [0.29, 0.717) is 11.5 Å². The normalized spacial score (nSPS) is 11.7. The standard InChI is InChI=1S/C31H31N5S/c1-20-13-24(16-25(14-20)28-18-34-29-26(28)7-5-11-33-29)17-35-31(37)27-8-6-12-36(30(27)32-4)19-23-10-9-21(2)22(3)15-23/h5-16,18H,17,19H2,1-4H3,(H,33,34)(H,35,37). The van der Waals surface area contributed by atoms with Crippen molar-refractivity contribution < 1.29 is 0 Å². The molecule has 6 heteroatoms. The molecule has 3 aromatic heterocycles. The minimum atomic E-state index is 0.628. The van der Waals surface area contributed by atoms with Crippen LogP contribution in [0.25, 0.3) is 22.2 Å². The lowest BCUT2D eigenvalue weighted by Crippen LogP contribution is -2.33. The molecule has 5 rings (SSSR count). The number of fused-ring (bicyclic) bond motifs is 1. The molecule has 5 aromatic rings. The fourth-order valence-corrected chi connectivity index (χ4v) is 5.02. The van der Waals surface area contributed by atoms with E-state index in [0.717, 1.165) is 39.8 Å². The fraction of sp³-hybridized carbons (Fsp3) is 0.194. The van der Waals surface area contributed by atoms with Gasteiger partial charge in [-0.2, -0.15) is 0 Å². The number of pyridine rings is 2. The maximum Gasteiger partial charge on any atom is 0.137 e. The summed E-state index contributed by atoms with van der Waals surface area (Å²) in [6.07, 6.45) is 5.90. The number of hydrogen-bond acceptors (Lipinski definition) is 3. The first-order chi connectivity index (χ1) is 17.9. The molecule has 0 fully saturated rings. The minimum Gasteiger partial charge on any atom is -0.372 e. The molecule has 5 nitrogen and oxygen atoms in total. The summed E-state index contributed by atoms with van der Waals surface area (Å²) >= 11 is 5.85. The van der Waals surface area contributed by atoms with Crippen LogP contribution in [-0.4, -0.2) is 26.6 Å². The zero-order valence-electron chi connectivity index (χ0n) is 21.7. The predicted molar refractivity (Wildman–Crippen MR) is 156 cm³/mol. The molecule has 0 aliphatic rings. The molecule has 186 valence electrons. The second-order valence-electron chi connectivity index (χ2n) is 9.51. The number of aryl methyl sites for hydroxylation is 3. The van der Waals surface area contributed by atoms with Gasteiger partial charge in [0, 0.05) is 49.7 Å². The second-order valence-corrected chi connectivity index (χ2v) is 9.92. The van der Waals surface area contributed by atoms with Crippen molar-refractivity contribution in [3.63, 3.8) is 0 Å². The Morgan fingerprint density at radius 1 is 1.00 bits per heavy atom. The van der Waals surface area contributed by atoms with Crippen LogP contribution in [-0.2, 0) is 13.1 Å². The van der Waals surface area contributed by atoms with Gasteiger partial charge in [0.1, 0.15) is 16.1 Å². The lowest BCUT2D eigenvalue weighted by Gasteiger charge is -2.14. The Kier molecular flexibility index (Phi) is 7.01. The highest BCUT2D eigenvalue weighted by molar-refractivity contribution is 7.80. The lowest BCUT2D eigenvalue weighted by atomic mass is 10.0. The van der Waals surface area contributed by atoms with Crippen LogP contribution in [0.1, 0.15) is 33.4 Å². The van der Waals surface area contributed by atoms with E-state index in [4.69, 9.17) is 12.2 Å². The fourth-order valence-electron chi connectivity index (χ4n) is 4.79. The maximum absolute atomic E-state index is 5.85. The molecule has 0 unspecified atom stereocenters. The van der Waals surface area contributed by atoms with Gasteiger partial charge in [0.05, 0.1) is 5.56 Å². The van der Waals surface area contributed by atoms with Gasteiger partial charge in [-0.3, -0.25) is 4.99 Å². The third-order valence-corrected chi connectivity index (χ3v) is 7.14. The molecule has 0 aliphatic carbocycles. The molecule has 0 aliphatic heterocycles. The van der Waals surface area contributed by atoms with Gasteiger partial charge in [-0.15, -0.1) is 0 Å². The van der Waals surface area contributed by atoms with Crippen molar-refractivity contribution in [3.8, 4) is 11.1 Å². The zero-order valence-corrected chi connectivity index (χ0v) is 22.5. The van der Waals surface area contributed by atoms with Gasteiger partial charge in [-0.05, 0) is 78.9 Å². The summed E-state index contributed by atoms with van der Waals surface area (Å²) in [5.41, 5.74) is 11.2. The number of aromatic amines is 1. The van der Waals surface area contributed by atoms with Crippen molar-refractivity contribution in [2.45, 2.75) is 33.9 Å². The molecule has 0 radical (unpaired) electrons. The highest BCUT2D eigenvalue weighted by atomic mass is 32.1. The Labute approximate surface area is 223 Å². The summed E-state index contributed by atoms with van der Waals surface area (Å²) in [4.78, 5) is 13.0. The summed E-state index contributed by atoms with van der Waals surface area (Å²) in [6, 6.07) is 21.4. The second kappa shape index (κ2) is 10.5. The number of H-pyrrole nitrogens is 1. The quantitative estimate of drug-likeness (QED) is 0.278. The molecule has 0 amide bonds. The molecule has 0 bridgehead atoms. The van der Waals surface area contributed by atoms with Gasteiger partial charge in [-0.25, -0.2) is 4.98 Å². The highest BCUT2D eigenvalue weighted by Gasteiger charge is 2.11. The predicted octanol–water partition coefficient (Wildman–Crippen LogP) is 6.00. The molecule has 0 atom stereocenters. The summed E-state index contributed by atoms with van der Waals surface area (Å²) in [5.74, 6) is 0. The third kappa shape index (κ3) is 5.25. The van der Waals surface area contributed by atoms with Crippen molar-refractivity contribution in [3.05, 3.63) is 118 Å². The van der Waals surface area contributed by atoms with E-state index in [1.165, 1.54) is 27.8 Å². The Hall–Kier alpha value is -4.03. The highest BCUT2D eigenvalue weighted by Crippen LogP contribution is 2.29. The maximum atomic E-state index is 5.85. The molecule has 0 spiro atoms. The molecule has 0 saturated carbocycles. The molecule has 37 heavy (non-hydrogen) atoms. The molecular formula is C31H31N5S. The number of aromatic nitrogens is 3. The van der Waals surface area contributed by atoms with Gasteiger partial charge in [0.2, 0.25) is 0 Å². The first kappa shape index (κ1) is 24.7. The topological polar surface area (TPSA) is 58.0 Å². The number of nitrogens with zero attached hydrogens (tertiary/aromatic N) is 3. The van der Waals surface area contributed by atoms with Crippen molar-refractivity contribution in [2.75, 3.05) is 7.05 Å². The Bertz CT molecular complexity index is 1680. The van der Waals surface area contributed by atoms with Crippen molar-refractivity contribution in [1.82, 2.24) is 19.9 Å². The SMILES string of the molecule is CN=c1c(C(=S)NCc2cc(C)cc(-c3c[nH]c4ncccc34)c2)cccn1Cc1ccc(C)c(C)c1. The number of nitrogens with one attached hydrogen (secondary N) is 2. The van der Waals surface area contributed by atoms with Crippen molar-refractivity contribution in [1.29, 1.82) is 0 Å². The van der Waals surface area contributed by atoms with Crippen LogP contribution in [0.5, 0.6) is 0 Å². The first-order valence-corrected chi connectivity index (χ1v) is 12.8. The van der Waals surface area contributed by atoms with Gasteiger partial charge >= 0.3 is 0 Å². The summed E-state index contributed by atoms with van der Waals surface area (Å²) < 4.78 is 2.16. The van der Waals surface area contributed by atoms with E-state index < -0.39 is 0 Å². The van der Waals surface area contributed by atoms with E-state index in [9.17, 15) is 0 Å². The first-order valence-electron chi connectivity index (χ1n) is 12.4. The van der Waals surface area contributed by atoms with Crippen LogP contribution >= 0.6 is 12.2 Å². The van der Waals surface area contributed by atoms with Gasteiger partial charge in [-0.1, -0.05) is 48.1 Å². The van der Waals surface area contributed by atoms with Crippen LogP contribution in [0.3, 0.4) is 0 Å². The average molecular weight is 506 g/mol.